The van der Waals surface area contributed by atoms with E-state index in [0.717, 1.165) is 30.9 Å². The van der Waals surface area contributed by atoms with Gasteiger partial charge in [0.25, 0.3) is 0 Å². The topological polar surface area (TPSA) is 29.9 Å². The molecule has 1 heterocycles. The van der Waals surface area contributed by atoms with Crippen LogP contribution in [0.1, 0.15) is 37.2 Å². The Hall–Kier alpha value is -1.61. The Balaban J connectivity index is 2.13. The van der Waals surface area contributed by atoms with Crippen molar-refractivity contribution in [3.8, 4) is 5.69 Å². The van der Waals surface area contributed by atoms with Crippen LogP contribution in [-0.4, -0.2) is 22.9 Å². The molecule has 0 aliphatic heterocycles. The molecule has 0 saturated heterocycles. The lowest BCUT2D eigenvalue weighted by molar-refractivity contribution is 0.509. The van der Waals surface area contributed by atoms with Crippen LogP contribution < -0.4 is 5.32 Å². The zero-order valence-corrected chi connectivity index (χ0v) is 13.7. The van der Waals surface area contributed by atoms with E-state index in [2.05, 4.69) is 62.0 Å². The molecule has 0 saturated carbocycles. The van der Waals surface area contributed by atoms with Crippen LogP contribution in [0.5, 0.6) is 0 Å². The Bertz CT molecular complexity index is 557. The molecule has 0 radical (unpaired) electrons. The molecule has 2 rings (SSSR count). The van der Waals surface area contributed by atoms with Crippen molar-refractivity contribution in [2.24, 2.45) is 5.92 Å². The molecule has 3 heteroatoms. The van der Waals surface area contributed by atoms with Gasteiger partial charge in [-0.15, -0.1) is 0 Å². The molecule has 114 valence electrons. The highest BCUT2D eigenvalue weighted by Gasteiger charge is 2.15. The van der Waals surface area contributed by atoms with Gasteiger partial charge in [0, 0.05) is 5.69 Å². The summed E-state index contributed by atoms with van der Waals surface area (Å²) in [5.74, 6) is 0.627. The maximum atomic E-state index is 4.73. The Kier molecular flexibility index (Phi) is 5.57. The first-order valence-corrected chi connectivity index (χ1v) is 7.94. The van der Waals surface area contributed by atoms with Crippen LogP contribution in [0.25, 0.3) is 5.69 Å². The number of nitrogens with one attached hydrogen (secondary N) is 1. The second-order valence-electron chi connectivity index (χ2n) is 5.91. The molecule has 1 aromatic carbocycles. The van der Waals surface area contributed by atoms with Gasteiger partial charge in [-0.2, -0.15) is 5.10 Å². The zero-order chi connectivity index (χ0) is 15.2. The van der Waals surface area contributed by atoms with Crippen LogP contribution in [0, 0.1) is 19.8 Å². The molecule has 0 aliphatic carbocycles. The number of hydrogen-bond donors (Lipinski definition) is 1. The lowest BCUT2D eigenvalue weighted by atomic mass is 9.99. The Morgan fingerprint density at radius 2 is 1.90 bits per heavy atom. The van der Waals surface area contributed by atoms with E-state index < -0.39 is 0 Å². The number of aryl methyl sites for hydroxylation is 1. The molecule has 0 fully saturated rings. The van der Waals surface area contributed by atoms with E-state index in [4.69, 9.17) is 5.10 Å². The summed E-state index contributed by atoms with van der Waals surface area (Å²) in [5, 5.41) is 8.23. The molecule has 1 aromatic heterocycles. The third-order valence-corrected chi connectivity index (χ3v) is 3.91. The molecule has 1 atom stereocenters. The highest BCUT2D eigenvalue weighted by molar-refractivity contribution is 5.37. The van der Waals surface area contributed by atoms with Crippen molar-refractivity contribution in [2.75, 3.05) is 13.1 Å². The Labute approximate surface area is 128 Å². The van der Waals surface area contributed by atoms with Crippen molar-refractivity contribution in [3.05, 3.63) is 47.3 Å². The highest BCUT2D eigenvalue weighted by atomic mass is 15.3. The number of benzene rings is 1. The van der Waals surface area contributed by atoms with E-state index in [0.29, 0.717) is 5.92 Å². The maximum absolute atomic E-state index is 4.73. The fourth-order valence-corrected chi connectivity index (χ4v) is 2.74. The lowest BCUT2D eigenvalue weighted by Crippen LogP contribution is -2.23. The smallest absolute Gasteiger partial charge is 0.0648 e. The van der Waals surface area contributed by atoms with Crippen molar-refractivity contribution in [1.29, 1.82) is 0 Å². The number of nitrogens with zero attached hydrogens (tertiary/aromatic N) is 2. The summed E-state index contributed by atoms with van der Waals surface area (Å²) < 4.78 is 2.07. The summed E-state index contributed by atoms with van der Waals surface area (Å²) >= 11 is 0. The molecular formula is C18H27N3. The Morgan fingerprint density at radius 1 is 1.19 bits per heavy atom. The third-order valence-electron chi connectivity index (χ3n) is 3.91. The first kappa shape index (κ1) is 15.8. The minimum atomic E-state index is 0.627. The van der Waals surface area contributed by atoms with Crippen LogP contribution in [0.2, 0.25) is 0 Å². The fourth-order valence-electron chi connectivity index (χ4n) is 2.74. The molecule has 1 N–H and O–H groups in total. The summed E-state index contributed by atoms with van der Waals surface area (Å²) in [6.45, 7) is 11.0. The molecule has 21 heavy (non-hydrogen) atoms. The second-order valence-corrected chi connectivity index (χ2v) is 5.91. The van der Waals surface area contributed by atoms with E-state index in [1.165, 1.54) is 17.7 Å². The van der Waals surface area contributed by atoms with Crippen LogP contribution in [-0.2, 0) is 6.42 Å². The molecule has 0 amide bonds. The Morgan fingerprint density at radius 3 is 2.57 bits per heavy atom. The van der Waals surface area contributed by atoms with E-state index >= 15 is 0 Å². The molecule has 0 bridgehead atoms. The van der Waals surface area contributed by atoms with Gasteiger partial charge >= 0.3 is 0 Å². The van der Waals surface area contributed by atoms with Gasteiger partial charge in [-0.3, -0.25) is 0 Å². The van der Waals surface area contributed by atoms with Gasteiger partial charge in [0.05, 0.1) is 11.4 Å². The number of aromatic nitrogens is 2. The van der Waals surface area contributed by atoms with Crippen molar-refractivity contribution in [1.82, 2.24) is 15.1 Å². The van der Waals surface area contributed by atoms with Gasteiger partial charge in [-0.25, -0.2) is 4.68 Å². The third kappa shape index (κ3) is 3.94. The summed E-state index contributed by atoms with van der Waals surface area (Å²) in [7, 11) is 0. The lowest BCUT2D eigenvalue weighted by Gasteiger charge is -2.13. The predicted octanol–water partition coefficient (Wildman–Crippen LogP) is 3.67. The number of hydrogen-bond acceptors (Lipinski definition) is 2. The fraction of sp³-hybridized carbons (Fsp3) is 0.500. The van der Waals surface area contributed by atoms with Crippen LogP contribution >= 0.6 is 0 Å². The van der Waals surface area contributed by atoms with Crippen molar-refractivity contribution >= 4 is 0 Å². The van der Waals surface area contributed by atoms with Gasteiger partial charge in [-0.1, -0.05) is 32.0 Å². The van der Waals surface area contributed by atoms with Gasteiger partial charge < -0.3 is 5.32 Å². The summed E-state index contributed by atoms with van der Waals surface area (Å²) in [4.78, 5) is 0. The molecule has 0 aliphatic rings. The van der Waals surface area contributed by atoms with E-state index in [-0.39, 0.29) is 0 Å². The molecule has 1 unspecified atom stereocenters. The van der Waals surface area contributed by atoms with Crippen molar-refractivity contribution in [2.45, 2.75) is 40.5 Å². The number of rotatable bonds is 7. The van der Waals surface area contributed by atoms with Crippen molar-refractivity contribution in [3.63, 3.8) is 0 Å². The summed E-state index contributed by atoms with van der Waals surface area (Å²) in [6, 6.07) is 10.4. The predicted molar refractivity (Wildman–Crippen MR) is 89.1 cm³/mol. The first-order chi connectivity index (χ1) is 10.1. The average molecular weight is 285 g/mol. The van der Waals surface area contributed by atoms with Crippen LogP contribution in [0.4, 0.5) is 0 Å². The van der Waals surface area contributed by atoms with Crippen LogP contribution in [0.3, 0.4) is 0 Å². The largest absolute Gasteiger partial charge is 0.316 e. The maximum Gasteiger partial charge on any atom is 0.0648 e. The van der Waals surface area contributed by atoms with Crippen molar-refractivity contribution < 1.29 is 0 Å². The molecule has 3 nitrogen and oxygen atoms in total. The first-order valence-electron chi connectivity index (χ1n) is 7.94. The van der Waals surface area contributed by atoms with Crippen LogP contribution in [0.15, 0.2) is 30.3 Å². The van der Waals surface area contributed by atoms with E-state index in [1.54, 1.807) is 0 Å². The van der Waals surface area contributed by atoms with Gasteiger partial charge in [0.15, 0.2) is 0 Å². The summed E-state index contributed by atoms with van der Waals surface area (Å²) in [5.41, 5.74) is 4.95. The minimum absolute atomic E-state index is 0.627. The van der Waals surface area contributed by atoms with E-state index in [9.17, 15) is 0 Å². The molecular weight excluding hydrogens is 258 g/mol. The zero-order valence-electron chi connectivity index (χ0n) is 13.7. The van der Waals surface area contributed by atoms with E-state index in [1.807, 2.05) is 6.07 Å². The number of para-hydroxylation sites is 1. The highest BCUT2D eigenvalue weighted by Crippen LogP contribution is 2.20. The molecule has 2 aromatic rings. The van der Waals surface area contributed by atoms with Gasteiger partial charge in [0.1, 0.15) is 0 Å². The normalized spacial score (nSPS) is 12.6. The second kappa shape index (κ2) is 7.41. The van der Waals surface area contributed by atoms with Gasteiger partial charge in [-0.05, 0) is 63.4 Å². The molecule has 0 spiro atoms. The quantitative estimate of drug-likeness (QED) is 0.787. The summed E-state index contributed by atoms with van der Waals surface area (Å²) in [6.07, 6.45) is 2.28. The minimum Gasteiger partial charge on any atom is -0.316 e. The average Bonchev–Trinajstić information content (AvgIpc) is 2.76. The monoisotopic (exact) mass is 285 g/mol. The standard InChI is InChI=1S/C18H27N3/c1-5-11-19-13-14(2)12-18-15(3)20-21(16(18)4)17-9-7-6-8-10-17/h6-10,14,19H,5,11-13H2,1-4H3. The van der Waals surface area contributed by atoms with Gasteiger partial charge in [0.2, 0.25) is 0 Å². The SMILES string of the molecule is CCCNCC(C)Cc1c(C)nn(-c2ccccc2)c1C.